The first-order valence-electron chi connectivity index (χ1n) is 4.97. The van der Waals surface area contributed by atoms with Gasteiger partial charge < -0.3 is 4.90 Å². The number of hydrogen-bond donors (Lipinski definition) is 0. The lowest BCUT2D eigenvalue weighted by Gasteiger charge is -2.14. The van der Waals surface area contributed by atoms with Crippen molar-refractivity contribution in [3.8, 4) is 0 Å². The van der Waals surface area contributed by atoms with Gasteiger partial charge in [-0.05, 0) is 43.0 Å². The first-order valence-corrected chi connectivity index (χ1v) is 5.35. The summed E-state index contributed by atoms with van der Waals surface area (Å²) < 4.78 is 0. The quantitative estimate of drug-likeness (QED) is 0.572. The molecule has 1 rings (SSSR count). The summed E-state index contributed by atoms with van der Waals surface area (Å²) in [5, 5.41) is -0.403. The molecule has 1 aromatic rings. The van der Waals surface area contributed by atoms with E-state index in [9.17, 15) is 4.79 Å². The van der Waals surface area contributed by atoms with Gasteiger partial charge in [0, 0.05) is 13.6 Å². The van der Waals surface area contributed by atoms with Gasteiger partial charge in [0.1, 0.15) is 0 Å². The predicted octanol–water partition coefficient (Wildman–Crippen LogP) is 3.14. The summed E-state index contributed by atoms with van der Waals surface area (Å²) >= 11 is 5.35. The third kappa shape index (κ3) is 3.56. The molecule has 0 saturated carbocycles. The highest BCUT2D eigenvalue weighted by Gasteiger charge is 2.05. The van der Waals surface area contributed by atoms with Crippen molar-refractivity contribution in [1.82, 2.24) is 4.90 Å². The van der Waals surface area contributed by atoms with E-state index >= 15 is 0 Å². The summed E-state index contributed by atoms with van der Waals surface area (Å²) in [4.78, 5) is 12.3. The van der Waals surface area contributed by atoms with Crippen molar-refractivity contribution in [2.24, 2.45) is 0 Å². The zero-order valence-corrected chi connectivity index (χ0v) is 10.1. The molecule has 0 N–H and O–H groups in total. The third-order valence-corrected chi connectivity index (χ3v) is 2.80. The van der Waals surface area contributed by atoms with Gasteiger partial charge >= 0.3 is 5.37 Å². The van der Waals surface area contributed by atoms with Crippen molar-refractivity contribution >= 4 is 17.0 Å². The largest absolute Gasteiger partial charge is 0.332 e. The Bertz CT molecular complexity index is 363. The number of nitrogens with zero attached hydrogens (tertiary/aromatic N) is 1. The maximum atomic E-state index is 10.8. The van der Waals surface area contributed by atoms with E-state index in [1.165, 1.54) is 21.6 Å². The van der Waals surface area contributed by atoms with Crippen LogP contribution in [0.1, 0.15) is 16.7 Å². The Morgan fingerprint density at radius 2 is 2.07 bits per heavy atom. The van der Waals surface area contributed by atoms with Crippen LogP contribution in [0.2, 0.25) is 0 Å². The molecule has 0 atom stereocenters. The van der Waals surface area contributed by atoms with E-state index in [4.69, 9.17) is 11.6 Å². The Kier molecular flexibility index (Phi) is 4.15. The van der Waals surface area contributed by atoms with Gasteiger partial charge in [0.25, 0.3) is 0 Å². The second-order valence-electron chi connectivity index (χ2n) is 3.85. The topological polar surface area (TPSA) is 20.3 Å². The Labute approximate surface area is 95.8 Å². The minimum Gasteiger partial charge on any atom is -0.332 e. The molecule has 0 aliphatic rings. The Balaban J connectivity index is 2.62. The molecular formula is C12H16ClNO. The Morgan fingerprint density at radius 1 is 1.40 bits per heavy atom. The standard InChI is InChI=1S/C12H16ClNO/c1-9-4-5-11(10(2)8-9)6-7-14(3)12(13)15/h4-5,8H,6-7H2,1-3H3. The molecule has 0 fully saturated rings. The molecule has 15 heavy (non-hydrogen) atoms. The summed E-state index contributed by atoms with van der Waals surface area (Å²) in [6.45, 7) is 4.82. The van der Waals surface area contributed by atoms with Gasteiger partial charge in [0.2, 0.25) is 0 Å². The zero-order chi connectivity index (χ0) is 11.4. The summed E-state index contributed by atoms with van der Waals surface area (Å²) in [7, 11) is 1.71. The van der Waals surface area contributed by atoms with Crippen molar-refractivity contribution in [3.63, 3.8) is 0 Å². The van der Waals surface area contributed by atoms with E-state index in [0.29, 0.717) is 6.54 Å². The summed E-state index contributed by atoms with van der Waals surface area (Å²) in [5.41, 5.74) is 3.80. The highest BCUT2D eigenvalue weighted by Crippen LogP contribution is 2.11. The molecule has 0 saturated heterocycles. The van der Waals surface area contributed by atoms with Crippen LogP contribution in [0.3, 0.4) is 0 Å². The van der Waals surface area contributed by atoms with E-state index in [2.05, 4.69) is 32.0 Å². The molecule has 0 radical (unpaired) electrons. The van der Waals surface area contributed by atoms with Gasteiger partial charge in [-0.25, -0.2) is 0 Å². The highest BCUT2D eigenvalue weighted by molar-refractivity contribution is 6.62. The van der Waals surface area contributed by atoms with Crippen LogP contribution < -0.4 is 0 Å². The number of carbonyl (C=O) groups excluding carboxylic acids is 1. The van der Waals surface area contributed by atoms with E-state index in [0.717, 1.165) is 6.42 Å². The molecule has 1 amide bonds. The second-order valence-corrected chi connectivity index (χ2v) is 4.18. The van der Waals surface area contributed by atoms with Crippen LogP contribution in [0.5, 0.6) is 0 Å². The number of halogens is 1. The molecule has 0 unspecified atom stereocenters. The SMILES string of the molecule is Cc1ccc(CCN(C)C(=O)Cl)c(C)c1. The van der Waals surface area contributed by atoms with Gasteiger partial charge in [-0.3, -0.25) is 4.79 Å². The smallest absolute Gasteiger partial charge is 0.316 e. The van der Waals surface area contributed by atoms with Crippen molar-refractivity contribution in [2.45, 2.75) is 20.3 Å². The van der Waals surface area contributed by atoms with Crippen molar-refractivity contribution in [3.05, 3.63) is 34.9 Å². The van der Waals surface area contributed by atoms with Crippen LogP contribution >= 0.6 is 11.6 Å². The Hall–Kier alpha value is -1.02. The van der Waals surface area contributed by atoms with E-state index < -0.39 is 5.37 Å². The minimum absolute atomic E-state index is 0.403. The predicted molar refractivity (Wildman–Crippen MR) is 63.5 cm³/mol. The van der Waals surface area contributed by atoms with Crippen molar-refractivity contribution in [2.75, 3.05) is 13.6 Å². The first kappa shape index (κ1) is 12.1. The maximum Gasteiger partial charge on any atom is 0.316 e. The molecule has 0 aliphatic carbocycles. The molecule has 3 heteroatoms. The molecule has 0 aliphatic heterocycles. The van der Waals surface area contributed by atoms with Gasteiger partial charge in [-0.1, -0.05) is 23.8 Å². The minimum atomic E-state index is -0.403. The molecule has 1 aromatic carbocycles. The normalized spacial score (nSPS) is 10.1. The maximum absolute atomic E-state index is 10.8. The van der Waals surface area contributed by atoms with Gasteiger partial charge in [-0.15, -0.1) is 0 Å². The van der Waals surface area contributed by atoms with Crippen molar-refractivity contribution in [1.29, 1.82) is 0 Å². The van der Waals surface area contributed by atoms with Crippen LogP contribution in [-0.4, -0.2) is 23.9 Å². The molecular weight excluding hydrogens is 210 g/mol. The number of carbonyl (C=O) groups is 1. The molecule has 2 nitrogen and oxygen atoms in total. The number of benzene rings is 1. The van der Waals surface area contributed by atoms with Crippen LogP contribution in [0.25, 0.3) is 0 Å². The average molecular weight is 226 g/mol. The fourth-order valence-corrected chi connectivity index (χ4v) is 1.59. The van der Waals surface area contributed by atoms with Crippen LogP contribution in [0.4, 0.5) is 4.79 Å². The van der Waals surface area contributed by atoms with E-state index in [-0.39, 0.29) is 0 Å². The molecule has 0 bridgehead atoms. The van der Waals surface area contributed by atoms with E-state index in [1.807, 2.05) is 0 Å². The van der Waals surface area contributed by atoms with Crippen LogP contribution in [0, 0.1) is 13.8 Å². The lowest BCUT2D eigenvalue weighted by atomic mass is 10.0. The lowest BCUT2D eigenvalue weighted by molar-refractivity contribution is 0.232. The first-order chi connectivity index (χ1) is 7.00. The molecule has 0 aromatic heterocycles. The van der Waals surface area contributed by atoms with Crippen LogP contribution in [0.15, 0.2) is 18.2 Å². The fraction of sp³-hybridized carbons (Fsp3) is 0.417. The summed E-state index contributed by atoms with van der Waals surface area (Å²) in [6.07, 6.45) is 0.848. The Morgan fingerprint density at radius 3 is 2.60 bits per heavy atom. The molecule has 0 spiro atoms. The van der Waals surface area contributed by atoms with Crippen molar-refractivity contribution < 1.29 is 4.79 Å². The third-order valence-electron chi connectivity index (χ3n) is 2.51. The average Bonchev–Trinajstić information content (AvgIpc) is 2.15. The van der Waals surface area contributed by atoms with Crippen LogP contribution in [-0.2, 0) is 6.42 Å². The number of aryl methyl sites for hydroxylation is 2. The lowest BCUT2D eigenvalue weighted by Crippen LogP contribution is -2.23. The second kappa shape index (κ2) is 5.17. The number of likely N-dealkylation sites (N-methyl/N-ethyl adjacent to an activating group) is 1. The molecule has 82 valence electrons. The van der Waals surface area contributed by atoms with Gasteiger partial charge in [-0.2, -0.15) is 0 Å². The van der Waals surface area contributed by atoms with Gasteiger partial charge in [0.15, 0.2) is 0 Å². The molecule has 0 heterocycles. The number of rotatable bonds is 3. The van der Waals surface area contributed by atoms with E-state index in [1.54, 1.807) is 7.05 Å². The summed E-state index contributed by atoms with van der Waals surface area (Å²) in [6, 6.07) is 6.35. The number of hydrogen-bond acceptors (Lipinski definition) is 1. The zero-order valence-electron chi connectivity index (χ0n) is 9.38. The highest BCUT2D eigenvalue weighted by atomic mass is 35.5. The number of amides is 1. The fourth-order valence-electron chi connectivity index (χ4n) is 1.50. The monoisotopic (exact) mass is 225 g/mol. The van der Waals surface area contributed by atoms with Gasteiger partial charge in [0.05, 0.1) is 0 Å². The summed E-state index contributed by atoms with van der Waals surface area (Å²) in [5.74, 6) is 0.